The molecule has 1 heterocycles. The summed E-state index contributed by atoms with van der Waals surface area (Å²) in [6, 6.07) is -1.15. The number of carboxylic acids is 1. The number of aliphatic hydroxyl groups is 1. The van der Waals surface area contributed by atoms with Gasteiger partial charge in [0.25, 0.3) is 0 Å². The number of carboxylic acid groups (broad SMARTS) is 1. The highest BCUT2D eigenvalue weighted by atomic mass is 16.4. The molecular formula is C9H18N2O3. The molecular weight excluding hydrogens is 184 g/mol. The third-order valence-corrected chi connectivity index (χ3v) is 2.90. The van der Waals surface area contributed by atoms with E-state index < -0.39 is 18.1 Å². The Bertz CT molecular complexity index is 202. The fourth-order valence-electron chi connectivity index (χ4n) is 1.81. The summed E-state index contributed by atoms with van der Waals surface area (Å²) in [5, 5.41) is 18.3. The van der Waals surface area contributed by atoms with Crippen LogP contribution in [0.4, 0.5) is 0 Å². The van der Waals surface area contributed by atoms with E-state index >= 15 is 0 Å². The molecule has 0 aliphatic carbocycles. The number of likely N-dealkylation sites (tertiary alicyclic amines) is 1. The Morgan fingerprint density at radius 2 is 2.00 bits per heavy atom. The van der Waals surface area contributed by atoms with E-state index in [1.165, 1.54) is 0 Å². The SMILES string of the molecule is CN1CCC(C(O)C(N)C(=O)O)CC1. The van der Waals surface area contributed by atoms with Crippen LogP contribution in [-0.4, -0.2) is 53.4 Å². The molecule has 1 aliphatic heterocycles. The Labute approximate surface area is 83.5 Å². The van der Waals surface area contributed by atoms with Gasteiger partial charge in [0.05, 0.1) is 6.10 Å². The zero-order valence-electron chi connectivity index (χ0n) is 8.39. The lowest BCUT2D eigenvalue weighted by molar-refractivity contribution is -0.142. The number of carbonyl (C=O) groups is 1. The van der Waals surface area contributed by atoms with Crippen LogP contribution in [0.3, 0.4) is 0 Å². The molecule has 0 saturated carbocycles. The molecule has 0 amide bonds. The molecule has 1 aliphatic rings. The second kappa shape index (κ2) is 4.72. The number of nitrogens with two attached hydrogens (primary N) is 1. The van der Waals surface area contributed by atoms with Gasteiger partial charge in [0.15, 0.2) is 0 Å². The maximum Gasteiger partial charge on any atom is 0.323 e. The van der Waals surface area contributed by atoms with Gasteiger partial charge in [-0.1, -0.05) is 0 Å². The summed E-state index contributed by atoms with van der Waals surface area (Å²) in [5.74, 6) is -1.10. The van der Waals surface area contributed by atoms with Crippen molar-refractivity contribution in [2.75, 3.05) is 20.1 Å². The molecule has 0 aromatic rings. The Kier molecular flexibility index (Phi) is 3.86. The van der Waals surface area contributed by atoms with Crippen molar-refractivity contribution in [1.82, 2.24) is 4.90 Å². The zero-order chi connectivity index (χ0) is 10.7. The minimum absolute atomic E-state index is 0.0253. The van der Waals surface area contributed by atoms with E-state index in [4.69, 9.17) is 10.8 Å². The first-order valence-electron chi connectivity index (χ1n) is 4.87. The van der Waals surface area contributed by atoms with Gasteiger partial charge in [-0.15, -0.1) is 0 Å². The quantitative estimate of drug-likeness (QED) is 0.552. The smallest absolute Gasteiger partial charge is 0.323 e. The van der Waals surface area contributed by atoms with Crippen LogP contribution in [0, 0.1) is 5.92 Å². The highest BCUT2D eigenvalue weighted by Crippen LogP contribution is 2.21. The highest BCUT2D eigenvalue weighted by Gasteiger charge is 2.31. The molecule has 5 heteroatoms. The van der Waals surface area contributed by atoms with Crippen LogP contribution in [-0.2, 0) is 4.79 Å². The number of hydrogen-bond donors (Lipinski definition) is 3. The topological polar surface area (TPSA) is 86.8 Å². The first-order valence-corrected chi connectivity index (χ1v) is 4.87. The minimum Gasteiger partial charge on any atom is -0.480 e. The zero-order valence-corrected chi connectivity index (χ0v) is 8.39. The number of hydrogen-bond acceptors (Lipinski definition) is 4. The van der Waals surface area contributed by atoms with Gasteiger partial charge in [0.2, 0.25) is 0 Å². The summed E-state index contributed by atoms with van der Waals surface area (Å²) in [6.07, 6.45) is 0.721. The Morgan fingerprint density at radius 1 is 1.50 bits per heavy atom. The van der Waals surface area contributed by atoms with Gasteiger partial charge >= 0.3 is 5.97 Å². The molecule has 5 nitrogen and oxygen atoms in total. The maximum absolute atomic E-state index is 10.6. The molecule has 14 heavy (non-hydrogen) atoms. The van der Waals surface area contributed by atoms with Crippen LogP contribution in [0.25, 0.3) is 0 Å². The Morgan fingerprint density at radius 3 is 2.43 bits per heavy atom. The molecule has 82 valence electrons. The third-order valence-electron chi connectivity index (χ3n) is 2.90. The van der Waals surface area contributed by atoms with Gasteiger partial charge in [-0.05, 0) is 38.9 Å². The summed E-state index contributed by atoms with van der Waals surface area (Å²) in [4.78, 5) is 12.7. The first-order chi connectivity index (χ1) is 6.52. The number of rotatable bonds is 3. The Hall–Kier alpha value is -0.650. The van der Waals surface area contributed by atoms with Gasteiger partial charge in [0, 0.05) is 0 Å². The predicted molar refractivity (Wildman–Crippen MR) is 51.8 cm³/mol. The summed E-state index contributed by atoms with van der Waals surface area (Å²) >= 11 is 0. The van der Waals surface area contributed by atoms with Crippen molar-refractivity contribution in [2.24, 2.45) is 11.7 Å². The maximum atomic E-state index is 10.6. The van der Waals surface area contributed by atoms with Crippen molar-refractivity contribution >= 4 is 5.97 Å². The van der Waals surface area contributed by atoms with Gasteiger partial charge in [-0.25, -0.2) is 0 Å². The molecule has 2 unspecified atom stereocenters. The van der Waals surface area contributed by atoms with Crippen LogP contribution in [0.2, 0.25) is 0 Å². The third kappa shape index (κ3) is 2.67. The molecule has 1 saturated heterocycles. The average Bonchev–Trinajstić information content (AvgIpc) is 2.16. The van der Waals surface area contributed by atoms with Crippen molar-refractivity contribution in [3.8, 4) is 0 Å². The van der Waals surface area contributed by atoms with Gasteiger partial charge in [-0.3, -0.25) is 4.79 Å². The van der Waals surface area contributed by atoms with E-state index in [2.05, 4.69) is 4.90 Å². The summed E-state index contributed by atoms with van der Waals surface area (Å²) in [7, 11) is 2.01. The highest BCUT2D eigenvalue weighted by molar-refractivity contribution is 5.73. The summed E-state index contributed by atoms with van der Waals surface area (Å²) in [5.41, 5.74) is 5.36. The summed E-state index contributed by atoms with van der Waals surface area (Å²) < 4.78 is 0. The lowest BCUT2D eigenvalue weighted by Gasteiger charge is -2.33. The largest absolute Gasteiger partial charge is 0.480 e. The lowest BCUT2D eigenvalue weighted by Crippen LogP contribution is -2.48. The van der Waals surface area contributed by atoms with E-state index in [1.54, 1.807) is 0 Å². The number of nitrogens with zero attached hydrogens (tertiary/aromatic N) is 1. The molecule has 1 rings (SSSR count). The van der Waals surface area contributed by atoms with Gasteiger partial charge in [0.1, 0.15) is 6.04 Å². The van der Waals surface area contributed by atoms with E-state index in [-0.39, 0.29) is 5.92 Å². The molecule has 0 aromatic carbocycles. The molecule has 2 atom stereocenters. The van der Waals surface area contributed by atoms with Gasteiger partial charge in [-0.2, -0.15) is 0 Å². The van der Waals surface area contributed by atoms with Crippen molar-refractivity contribution in [3.05, 3.63) is 0 Å². The molecule has 0 bridgehead atoms. The van der Waals surface area contributed by atoms with Crippen LogP contribution in [0.5, 0.6) is 0 Å². The lowest BCUT2D eigenvalue weighted by atomic mass is 9.88. The fourth-order valence-corrected chi connectivity index (χ4v) is 1.81. The molecule has 0 radical (unpaired) electrons. The molecule has 1 fully saturated rings. The van der Waals surface area contributed by atoms with Crippen LogP contribution < -0.4 is 5.73 Å². The minimum atomic E-state index is -1.15. The normalized spacial score (nSPS) is 24.5. The second-order valence-electron chi connectivity index (χ2n) is 4.00. The van der Waals surface area contributed by atoms with Crippen LogP contribution in [0.15, 0.2) is 0 Å². The standard InChI is InChI=1S/C9H18N2O3/c1-11-4-2-6(3-5-11)8(12)7(10)9(13)14/h6-8,12H,2-5,10H2,1H3,(H,13,14). The molecule has 4 N–H and O–H groups in total. The van der Waals surface area contributed by atoms with Crippen molar-refractivity contribution < 1.29 is 15.0 Å². The second-order valence-corrected chi connectivity index (χ2v) is 4.00. The predicted octanol–water partition coefficient (Wildman–Crippen LogP) is -0.899. The van der Waals surface area contributed by atoms with E-state index in [0.717, 1.165) is 25.9 Å². The van der Waals surface area contributed by atoms with E-state index in [1.807, 2.05) is 7.05 Å². The number of aliphatic hydroxyl groups excluding tert-OH is 1. The molecule has 0 spiro atoms. The number of aliphatic carboxylic acids is 1. The average molecular weight is 202 g/mol. The van der Waals surface area contributed by atoms with Crippen LogP contribution in [0.1, 0.15) is 12.8 Å². The fraction of sp³-hybridized carbons (Fsp3) is 0.889. The Balaban J connectivity index is 2.45. The monoisotopic (exact) mass is 202 g/mol. The molecule has 0 aromatic heterocycles. The van der Waals surface area contributed by atoms with E-state index in [9.17, 15) is 9.90 Å². The van der Waals surface area contributed by atoms with Crippen molar-refractivity contribution in [3.63, 3.8) is 0 Å². The van der Waals surface area contributed by atoms with Crippen molar-refractivity contribution in [1.29, 1.82) is 0 Å². The van der Waals surface area contributed by atoms with E-state index in [0.29, 0.717) is 0 Å². The van der Waals surface area contributed by atoms with Crippen molar-refractivity contribution in [2.45, 2.75) is 25.0 Å². The summed E-state index contributed by atoms with van der Waals surface area (Å²) in [6.45, 7) is 1.79. The first kappa shape index (κ1) is 11.4. The van der Waals surface area contributed by atoms with Crippen LogP contribution >= 0.6 is 0 Å². The number of piperidine rings is 1. The van der Waals surface area contributed by atoms with Gasteiger partial charge < -0.3 is 20.8 Å².